The molecule has 0 aliphatic carbocycles. The second-order valence-electron chi connectivity index (χ2n) is 5.61. The van der Waals surface area contributed by atoms with Gasteiger partial charge in [0.25, 0.3) is 10.0 Å². The van der Waals surface area contributed by atoms with E-state index in [1.807, 2.05) is 61.5 Å². The van der Waals surface area contributed by atoms with Gasteiger partial charge in [-0.05, 0) is 43.3 Å². The van der Waals surface area contributed by atoms with Crippen LogP contribution in [0.1, 0.15) is 11.1 Å². The Balaban J connectivity index is 2.03. The van der Waals surface area contributed by atoms with E-state index in [1.165, 1.54) is 11.8 Å². The van der Waals surface area contributed by atoms with E-state index in [0.717, 1.165) is 20.5 Å². The summed E-state index contributed by atoms with van der Waals surface area (Å²) in [5, 5.41) is 0.442. The molecule has 0 saturated heterocycles. The van der Waals surface area contributed by atoms with Gasteiger partial charge in [0.15, 0.2) is 0 Å². The van der Waals surface area contributed by atoms with Crippen LogP contribution in [0.2, 0.25) is 0 Å². The first kappa shape index (κ1) is 18.9. The SMILES string of the molecule is Cc1ccc(S/C(=N/S(=O)(=O)c2ccc(Br)cc2)c2ccccc2)cc1. The number of rotatable bonds is 4. The summed E-state index contributed by atoms with van der Waals surface area (Å²) in [6, 6.07) is 23.7. The first-order valence-corrected chi connectivity index (χ1v) is 10.9. The smallest absolute Gasteiger partial charge is 0.199 e. The highest BCUT2D eigenvalue weighted by Gasteiger charge is 2.16. The van der Waals surface area contributed by atoms with Gasteiger partial charge < -0.3 is 0 Å². The number of thioether (sulfide) groups is 1. The molecular formula is C20H16BrNO2S2. The van der Waals surface area contributed by atoms with Crippen LogP contribution in [0.15, 0.2) is 97.5 Å². The van der Waals surface area contributed by atoms with E-state index in [-0.39, 0.29) is 4.90 Å². The van der Waals surface area contributed by atoms with Gasteiger partial charge >= 0.3 is 0 Å². The predicted octanol–water partition coefficient (Wildman–Crippen LogP) is 5.69. The zero-order valence-corrected chi connectivity index (χ0v) is 17.2. The van der Waals surface area contributed by atoms with Crippen molar-refractivity contribution in [3.05, 3.63) is 94.5 Å². The lowest BCUT2D eigenvalue weighted by atomic mass is 10.2. The van der Waals surface area contributed by atoms with Crippen molar-refractivity contribution >= 4 is 42.8 Å². The molecule has 3 rings (SSSR count). The van der Waals surface area contributed by atoms with E-state index in [1.54, 1.807) is 24.3 Å². The molecule has 132 valence electrons. The molecule has 0 aliphatic rings. The zero-order chi connectivity index (χ0) is 18.6. The lowest BCUT2D eigenvalue weighted by Gasteiger charge is -2.08. The van der Waals surface area contributed by atoms with Gasteiger partial charge in [-0.1, -0.05) is 75.7 Å². The van der Waals surface area contributed by atoms with E-state index in [0.29, 0.717) is 5.04 Å². The Hall–Kier alpha value is -1.89. The Morgan fingerprint density at radius 2 is 1.50 bits per heavy atom. The Morgan fingerprint density at radius 3 is 2.12 bits per heavy atom. The maximum Gasteiger partial charge on any atom is 0.283 e. The maximum absolute atomic E-state index is 12.8. The van der Waals surface area contributed by atoms with Crippen LogP contribution in [0.25, 0.3) is 0 Å². The number of aryl methyl sites for hydroxylation is 1. The van der Waals surface area contributed by atoms with Crippen LogP contribution in [0.5, 0.6) is 0 Å². The lowest BCUT2D eigenvalue weighted by molar-refractivity contribution is 0.598. The average molecular weight is 446 g/mol. The second-order valence-corrected chi connectivity index (χ2v) is 9.19. The molecule has 0 amide bonds. The molecule has 0 bridgehead atoms. The summed E-state index contributed by atoms with van der Waals surface area (Å²) in [5.41, 5.74) is 1.91. The third kappa shape index (κ3) is 4.84. The van der Waals surface area contributed by atoms with Crippen molar-refractivity contribution in [2.45, 2.75) is 16.7 Å². The minimum absolute atomic E-state index is 0.165. The predicted molar refractivity (Wildman–Crippen MR) is 111 cm³/mol. The van der Waals surface area contributed by atoms with E-state index in [9.17, 15) is 8.42 Å². The van der Waals surface area contributed by atoms with E-state index < -0.39 is 10.0 Å². The number of hydrogen-bond donors (Lipinski definition) is 0. The van der Waals surface area contributed by atoms with Gasteiger partial charge in [-0.15, -0.1) is 0 Å². The molecule has 0 saturated carbocycles. The van der Waals surface area contributed by atoms with Crippen LogP contribution in [-0.2, 0) is 10.0 Å². The van der Waals surface area contributed by atoms with Crippen molar-refractivity contribution in [3.63, 3.8) is 0 Å². The minimum Gasteiger partial charge on any atom is -0.199 e. The molecule has 0 aliphatic heterocycles. The monoisotopic (exact) mass is 445 g/mol. The van der Waals surface area contributed by atoms with E-state index in [2.05, 4.69) is 20.3 Å². The van der Waals surface area contributed by atoms with Crippen LogP contribution in [0.3, 0.4) is 0 Å². The van der Waals surface area contributed by atoms with Crippen molar-refractivity contribution in [2.75, 3.05) is 0 Å². The highest BCUT2D eigenvalue weighted by molar-refractivity contribution is 9.10. The third-order valence-corrected chi connectivity index (χ3v) is 6.53. The van der Waals surface area contributed by atoms with Crippen LogP contribution in [0, 0.1) is 6.92 Å². The Labute approximate surface area is 166 Å². The van der Waals surface area contributed by atoms with Crippen molar-refractivity contribution in [1.29, 1.82) is 0 Å². The topological polar surface area (TPSA) is 46.5 Å². The van der Waals surface area contributed by atoms with Crippen molar-refractivity contribution in [1.82, 2.24) is 0 Å². The Kier molecular flexibility index (Phi) is 5.96. The summed E-state index contributed by atoms with van der Waals surface area (Å²) in [6.45, 7) is 2.01. The number of sulfonamides is 1. The zero-order valence-electron chi connectivity index (χ0n) is 14.0. The van der Waals surface area contributed by atoms with Gasteiger partial charge in [0.2, 0.25) is 0 Å². The Bertz CT molecular complexity index is 1010. The first-order chi connectivity index (χ1) is 12.4. The van der Waals surface area contributed by atoms with Gasteiger partial charge in [-0.25, -0.2) is 0 Å². The lowest BCUT2D eigenvalue weighted by Crippen LogP contribution is -2.03. The third-order valence-electron chi connectivity index (χ3n) is 3.57. The average Bonchev–Trinajstić information content (AvgIpc) is 2.64. The molecule has 0 heterocycles. The molecule has 3 nitrogen and oxygen atoms in total. The minimum atomic E-state index is -3.81. The van der Waals surface area contributed by atoms with E-state index >= 15 is 0 Å². The summed E-state index contributed by atoms with van der Waals surface area (Å²) in [4.78, 5) is 1.10. The molecule has 0 fully saturated rings. The molecule has 0 radical (unpaired) electrons. The number of benzene rings is 3. The molecule has 0 N–H and O–H groups in total. The first-order valence-electron chi connectivity index (χ1n) is 7.84. The van der Waals surface area contributed by atoms with Crippen LogP contribution < -0.4 is 0 Å². The van der Waals surface area contributed by atoms with Gasteiger partial charge in [-0.3, -0.25) is 0 Å². The summed E-state index contributed by atoms with van der Waals surface area (Å²) in [5.74, 6) is 0. The molecule has 3 aromatic carbocycles. The van der Waals surface area contributed by atoms with Gasteiger partial charge in [-0.2, -0.15) is 12.8 Å². The van der Waals surface area contributed by atoms with Crippen molar-refractivity contribution in [2.24, 2.45) is 4.40 Å². The molecule has 0 atom stereocenters. The van der Waals surface area contributed by atoms with Crippen LogP contribution >= 0.6 is 27.7 Å². The van der Waals surface area contributed by atoms with Crippen LogP contribution in [0.4, 0.5) is 0 Å². The molecule has 3 aromatic rings. The van der Waals surface area contributed by atoms with Gasteiger partial charge in [0.1, 0.15) is 5.04 Å². The normalized spacial score (nSPS) is 12.2. The molecular weight excluding hydrogens is 430 g/mol. The van der Waals surface area contributed by atoms with E-state index in [4.69, 9.17) is 0 Å². The molecule has 0 aromatic heterocycles. The highest BCUT2D eigenvalue weighted by atomic mass is 79.9. The molecule has 0 unspecified atom stereocenters. The second kappa shape index (κ2) is 8.20. The van der Waals surface area contributed by atoms with Crippen molar-refractivity contribution in [3.8, 4) is 0 Å². The summed E-state index contributed by atoms with van der Waals surface area (Å²) in [7, 11) is -3.81. The fourth-order valence-electron chi connectivity index (χ4n) is 2.20. The van der Waals surface area contributed by atoms with Gasteiger partial charge in [0.05, 0.1) is 4.90 Å². The Morgan fingerprint density at radius 1 is 0.885 bits per heavy atom. The summed E-state index contributed by atoms with van der Waals surface area (Å²) in [6.07, 6.45) is 0. The summed E-state index contributed by atoms with van der Waals surface area (Å²) >= 11 is 4.65. The van der Waals surface area contributed by atoms with Crippen molar-refractivity contribution < 1.29 is 8.42 Å². The number of nitrogens with zero attached hydrogens (tertiary/aromatic N) is 1. The maximum atomic E-state index is 12.8. The fraction of sp³-hybridized carbons (Fsp3) is 0.0500. The fourth-order valence-corrected chi connectivity index (χ4v) is 4.56. The molecule has 0 spiro atoms. The standard InChI is InChI=1S/C20H16BrNO2S2/c1-15-7-11-18(12-8-15)25-20(16-5-3-2-4-6-16)22-26(23,24)19-13-9-17(21)10-14-19/h2-14H,1H3/b22-20+. The van der Waals surface area contributed by atoms with Crippen LogP contribution in [-0.4, -0.2) is 13.5 Å². The van der Waals surface area contributed by atoms with Gasteiger partial charge in [0, 0.05) is 14.9 Å². The molecule has 6 heteroatoms. The number of hydrogen-bond acceptors (Lipinski definition) is 3. The molecule has 26 heavy (non-hydrogen) atoms. The highest BCUT2D eigenvalue weighted by Crippen LogP contribution is 2.26. The largest absolute Gasteiger partial charge is 0.283 e. The number of halogens is 1. The quantitative estimate of drug-likeness (QED) is 0.294. The summed E-state index contributed by atoms with van der Waals surface area (Å²) < 4.78 is 30.5.